The van der Waals surface area contributed by atoms with Gasteiger partial charge in [0.2, 0.25) is 5.95 Å². The Labute approximate surface area is 132 Å². The number of fused-ring (bicyclic) bond motifs is 1. The molecule has 0 bridgehead atoms. The van der Waals surface area contributed by atoms with E-state index in [-0.39, 0.29) is 0 Å². The molecule has 4 aromatic rings. The maximum Gasteiger partial charge on any atom is 0.208 e. The molecule has 0 saturated heterocycles. The van der Waals surface area contributed by atoms with Crippen LogP contribution in [0.25, 0.3) is 22.2 Å². The highest BCUT2D eigenvalue weighted by Crippen LogP contribution is 2.23. The van der Waals surface area contributed by atoms with Crippen LogP contribution in [0.1, 0.15) is 0 Å². The minimum absolute atomic E-state index is 0.733. The molecular formula is C16H15N7. The molecule has 0 saturated carbocycles. The third kappa shape index (κ3) is 2.52. The van der Waals surface area contributed by atoms with Crippen molar-refractivity contribution in [2.45, 2.75) is 0 Å². The zero-order chi connectivity index (χ0) is 15.8. The molecule has 114 valence electrons. The van der Waals surface area contributed by atoms with Crippen molar-refractivity contribution in [3.8, 4) is 11.1 Å². The number of nitrogens with one attached hydrogen (secondary N) is 1. The van der Waals surface area contributed by atoms with E-state index < -0.39 is 0 Å². The molecule has 0 aliphatic heterocycles. The molecule has 4 rings (SSSR count). The number of aromatic nitrogens is 6. The minimum atomic E-state index is 0.733. The van der Waals surface area contributed by atoms with Crippen molar-refractivity contribution in [2.75, 3.05) is 5.32 Å². The number of hydrogen-bond donors (Lipinski definition) is 1. The van der Waals surface area contributed by atoms with Crippen LogP contribution in [0.15, 0.2) is 49.2 Å². The van der Waals surface area contributed by atoms with E-state index >= 15 is 0 Å². The normalized spacial score (nSPS) is 11.0. The second-order valence-electron chi connectivity index (χ2n) is 5.35. The van der Waals surface area contributed by atoms with Gasteiger partial charge in [0.25, 0.3) is 0 Å². The van der Waals surface area contributed by atoms with Gasteiger partial charge < -0.3 is 9.88 Å². The Morgan fingerprint density at radius 2 is 1.91 bits per heavy atom. The van der Waals surface area contributed by atoms with Crippen LogP contribution in [0.5, 0.6) is 0 Å². The summed E-state index contributed by atoms with van der Waals surface area (Å²) in [5.74, 6) is 1.48. The number of imidazole rings is 1. The summed E-state index contributed by atoms with van der Waals surface area (Å²) in [5, 5.41) is 7.40. The van der Waals surface area contributed by atoms with E-state index in [1.54, 1.807) is 10.9 Å². The average Bonchev–Trinajstić information content (AvgIpc) is 3.16. The van der Waals surface area contributed by atoms with Crippen LogP contribution in [-0.2, 0) is 14.1 Å². The highest BCUT2D eigenvalue weighted by Gasteiger charge is 2.06. The molecule has 0 spiro atoms. The fraction of sp³-hybridized carbons (Fsp3) is 0.125. The molecule has 23 heavy (non-hydrogen) atoms. The third-order valence-corrected chi connectivity index (χ3v) is 3.64. The van der Waals surface area contributed by atoms with Gasteiger partial charge >= 0.3 is 0 Å². The van der Waals surface area contributed by atoms with E-state index in [2.05, 4.69) is 25.4 Å². The summed E-state index contributed by atoms with van der Waals surface area (Å²) in [6.45, 7) is 0. The molecule has 0 aliphatic carbocycles. The van der Waals surface area contributed by atoms with Crippen molar-refractivity contribution in [1.29, 1.82) is 0 Å². The molecule has 7 nitrogen and oxygen atoms in total. The van der Waals surface area contributed by atoms with Crippen molar-refractivity contribution in [2.24, 2.45) is 14.1 Å². The predicted octanol–water partition coefficient (Wildman–Crippen LogP) is 2.51. The molecule has 0 fully saturated rings. The molecule has 0 aliphatic rings. The zero-order valence-corrected chi connectivity index (χ0v) is 12.8. The van der Waals surface area contributed by atoms with Gasteiger partial charge in [-0.1, -0.05) is 0 Å². The first kappa shape index (κ1) is 13.4. The number of anilines is 2. The summed E-state index contributed by atoms with van der Waals surface area (Å²) in [6.07, 6.45) is 9.24. The third-order valence-electron chi connectivity index (χ3n) is 3.64. The van der Waals surface area contributed by atoms with Gasteiger partial charge in [-0.05, 0) is 18.2 Å². The van der Waals surface area contributed by atoms with Gasteiger partial charge in [0.05, 0.1) is 17.2 Å². The SMILES string of the molecule is Cn1cc(-c2cnc3ccc(Nc4nccn4C)nc3c2)cn1. The lowest BCUT2D eigenvalue weighted by molar-refractivity contribution is 0.768. The summed E-state index contributed by atoms with van der Waals surface area (Å²) in [5.41, 5.74) is 3.69. The lowest BCUT2D eigenvalue weighted by Gasteiger charge is -2.06. The molecule has 0 radical (unpaired) electrons. The molecule has 1 N–H and O–H groups in total. The van der Waals surface area contributed by atoms with Gasteiger partial charge in [-0.15, -0.1) is 0 Å². The molecule has 4 aromatic heterocycles. The number of aryl methyl sites for hydroxylation is 2. The molecule has 0 amide bonds. The van der Waals surface area contributed by atoms with Crippen molar-refractivity contribution in [1.82, 2.24) is 29.3 Å². The van der Waals surface area contributed by atoms with E-state index in [1.807, 2.05) is 61.6 Å². The lowest BCUT2D eigenvalue weighted by Crippen LogP contribution is -2.00. The van der Waals surface area contributed by atoms with Gasteiger partial charge in [-0.3, -0.25) is 9.67 Å². The summed E-state index contributed by atoms with van der Waals surface area (Å²) < 4.78 is 3.67. The molecule has 0 aromatic carbocycles. The van der Waals surface area contributed by atoms with Crippen LogP contribution in [0.3, 0.4) is 0 Å². The minimum Gasteiger partial charge on any atom is -0.320 e. The second kappa shape index (κ2) is 5.20. The van der Waals surface area contributed by atoms with E-state index in [1.165, 1.54) is 0 Å². The molecule has 7 heteroatoms. The maximum atomic E-state index is 4.63. The van der Waals surface area contributed by atoms with Crippen molar-refractivity contribution >= 4 is 22.8 Å². The molecule has 0 atom stereocenters. The van der Waals surface area contributed by atoms with Crippen LogP contribution in [0.2, 0.25) is 0 Å². The topological polar surface area (TPSA) is 73.5 Å². The van der Waals surface area contributed by atoms with Crippen molar-refractivity contribution < 1.29 is 0 Å². The van der Waals surface area contributed by atoms with Crippen molar-refractivity contribution in [3.05, 3.63) is 49.2 Å². The van der Waals surface area contributed by atoms with Crippen LogP contribution >= 0.6 is 0 Å². The van der Waals surface area contributed by atoms with Gasteiger partial charge in [-0.25, -0.2) is 9.97 Å². The Morgan fingerprint density at radius 3 is 2.65 bits per heavy atom. The number of pyridine rings is 2. The van der Waals surface area contributed by atoms with E-state index in [0.29, 0.717) is 0 Å². The molecule has 4 heterocycles. The zero-order valence-electron chi connectivity index (χ0n) is 12.8. The fourth-order valence-corrected chi connectivity index (χ4v) is 2.40. The van der Waals surface area contributed by atoms with Crippen LogP contribution in [0, 0.1) is 0 Å². The average molecular weight is 305 g/mol. The Balaban J connectivity index is 1.73. The van der Waals surface area contributed by atoms with E-state index in [4.69, 9.17) is 0 Å². The highest BCUT2D eigenvalue weighted by atomic mass is 15.2. The lowest BCUT2D eigenvalue weighted by atomic mass is 10.1. The number of rotatable bonds is 3. The smallest absolute Gasteiger partial charge is 0.208 e. The standard InChI is InChI=1S/C16H15N7/c1-22-6-5-17-16(22)21-15-4-3-13-14(20-15)7-11(8-18-13)12-9-19-23(2)10-12/h3-10H,1-2H3,(H,17,20,21). The Morgan fingerprint density at radius 1 is 1.00 bits per heavy atom. The first-order valence-corrected chi connectivity index (χ1v) is 7.19. The predicted molar refractivity (Wildman–Crippen MR) is 88.2 cm³/mol. The van der Waals surface area contributed by atoms with Gasteiger partial charge in [0, 0.05) is 50.0 Å². The number of hydrogen-bond acceptors (Lipinski definition) is 5. The highest BCUT2D eigenvalue weighted by molar-refractivity contribution is 5.81. The monoisotopic (exact) mass is 305 g/mol. The molecule has 0 unspecified atom stereocenters. The van der Waals surface area contributed by atoms with Gasteiger partial charge in [0.1, 0.15) is 5.82 Å². The Bertz CT molecular complexity index is 983. The van der Waals surface area contributed by atoms with Gasteiger partial charge in [-0.2, -0.15) is 5.10 Å². The van der Waals surface area contributed by atoms with Crippen LogP contribution in [-0.4, -0.2) is 29.3 Å². The Kier molecular flexibility index (Phi) is 3.04. The fourth-order valence-electron chi connectivity index (χ4n) is 2.40. The van der Waals surface area contributed by atoms with Crippen LogP contribution in [0.4, 0.5) is 11.8 Å². The summed E-state index contributed by atoms with van der Waals surface area (Å²) in [7, 11) is 3.82. The summed E-state index contributed by atoms with van der Waals surface area (Å²) in [4.78, 5) is 13.3. The van der Waals surface area contributed by atoms with Crippen molar-refractivity contribution in [3.63, 3.8) is 0 Å². The number of nitrogens with zero attached hydrogens (tertiary/aromatic N) is 6. The van der Waals surface area contributed by atoms with E-state index in [0.717, 1.165) is 33.9 Å². The maximum absolute atomic E-state index is 4.63. The largest absolute Gasteiger partial charge is 0.320 e. The Hall–Kier alpha value is -3.22. The first-order valence-electron chi connectivity index (χ1n) is 7.19. The first-order chi connectivity index (χ1) is 11.2. The second-order valence-corrected chi connectivity index (χ2v) is 5.35. The van der Waals surface area contributed by atoms with E-state index in [9.17, 15) is 0 Å². The van der Waals surface area contributed by atoms with Gasteiger partial charge in [0.15, 0.2) is 0 Å². The summed E-state index contributed by atoms with van der Waals surface area (Å²) in [6, 6.07) is 5.86. The van der Waals surface area contributed by atoms with Crippen LogP contribution < -0.4 is 5.32 Å². The molecular weight excluding hydrogens is 290 g/mol. The quantitative estimate of drug-likeness (QED) is 0.629. The summed E-state index contributed by atoms with van der Waals surface area (Å²) >= 11 is 0.